The number of hydrogen-bond donors (Lipinski definition) is 3. The first kappa shape index (κ1) is 41.4. The number of nitrogens with one attached hydrogen (secondary N) is 3. The molecular weight excluding hydrogens is 887 g/mol. The fourth-order valence-corrected chi connectivity index (χ4v) is 12.4. The van der Waals surface area contributed by atoms with Gasteiger partial charge in [0.1, 0.15) is 0 Å². The van der Waals surface area contributed by atoms with Gasteiger partial charge in [-0.3, -0.25) is 4.98 Å². The number of rotatable bonds is 7. The number of carbonyl (C=O) groups is 4. The van der Waals surface area contributed by atoms with Crippen LogP contribution in [0.5, 0.6) is 5.88 Å². The number of pyridine rings is 2. The summed E-state index contributed by atoms with van der Waals surface area (Å²) in [5.74, 6) is -1.26. The van der Waals surface area contributed by atoms with Crippen molar-refractivity contribution in [3.8, 4) is 17.0 Å². The Morgan fingerprint density at radius 3 is 2.54 bits per heavy atom. The maximum atomic E-state index is 14.8. The van der Waals surface area contributed by atoms with Crippen molar-refractivity contribution in [1.29, 1.82) is 0 Å². The van der Waals surface area contributed by atoms with E-state index >= 15 is 0 Å². The second-order valence-corrected chi connectivity index (χ2v) is 23.7. The summed E-state index contributed by atoms with van der Waals surface area (Å²) in [6.07, 6.45) is 9.51. The molecule has 0 radical (unpaired) electrons. The van der Waals surface area contributed by atoms with E-state index in [0.717, 1.165) is 59.7 Å². The molecule has 14 nitrogen and oxygen atoms in total. The molecule has 3 N–H and O–H groups in total. The van der Waals surface area contributed by atoms with E-state index in [-0.39, 0.29) is 25.0 Å². The standard InChI is InChI=1S/C43H52IN6O8S/c1-6-33-43(44-33,39(53)49-59(55,56)42(5)18-19-42)48-36(51)31-22-27-24-50(31)38(52)35(41(2,3)4)47-40(54)58-32-21-25(32)13-8-7-9-16-29-34(26-14-12-20-45-23-26)28-15-10-11-17-30(28)46-37(29)57-27/h6,10-12,14-15,17,20,23,25,27,31-33,35H,1,7-9,13,16,18-19,21-22,24H2,2-5H3,(H,47,54)(H,48,51)(H,49,53)/q-1/t25-,27-,31+,32-,33?,35-,43?/m1/s1. The Kier molecular flexibility index (Phi) is 11.0. The van der Waals surface area contributed by atoms with Crippen LogP contribution in [-0.4, -0.2) is 90.2 Å². The van der Waals surface area contributed by atoms with E-state index in [0.29, 0.717) is 25.1 Å². The number of carbonyl (C=O) groups excluding carboxylic acids is 4. The van der Waals surface area contributed by atoms with E-state index in [1.54, 1.807) is 19.2 Å². The molecule has 3 aromatic rings. The number of nitrogens with zero attached hydrogens (tertiary/aromatic N) is 3. The van der Waals surface area contributed by atoms with Crippen molar-refractivity contribution in [1.82, 2.24) is 30.2 Å². The Morgan fingerprint density at radius 1 is 1.07 bits per heavy atom. The number of benzene rings is 1. The summed E-state index contributed by atoms with van der Waals surface area (Å²) in [7, 11) is -3.99. The fraction of sp³-hybridized carbons (Fsp3) is 0.535. The van der Waals surface area contributed by atoms with Crippen LogP contribution in [0.2, 0.25) is 0 Å². The van der Waals surface area contributed by atoms with Crippen LogP contribution in [-0.2, 0) is 35.6 Å². The molecule has 59 heavy (non-hydrogen) atoms. The van der Waals surface area contributed by atoms with Crippen molar-refractivity contribution in [2.45, 2.75) is 122 Å². The van der Waals surface area contributed by atoms with Crippen LogP contribution in [0.4, 0.5) is 4.79 Å². The summed E-state index contributed by atoms with van der Waals surface area (Å²) in [4.78, 5) is 67.5. The van der Waals surface area contributed by atoms with Gasteiger partial charge in [-0.2, -0.15) is 0 Å². The van der Waals surface area contributed by atoms with Crippen molar-refractivity contribution in [2.75, 3.05) is 6.54 Å². The molecule has 3 aliphatic heterocycles. The Hall–Kier alpha value is -4.32. The van der Waals surface area contributed by atoms with E-state index in [4.69, 9.17) is 14.5 Å². The zero-order chi connectivity index (χ0) is 41.9. The van der Waals surface area contributed by atoms with Gasteiger partial charge in [0.2, 0.25) is 0 Å². The topological polar surface area (TPSA) is 186 Å². The van der Waals surface area contributed by atoms with Crippen LogP contribution in [0, 0.1) is 11.3 Å². The van der Waals surface area contributed by atoms with Gasteiger partial charge >= 0.3 is 321 Å². The average Bonchev–Trinajstić information content (AvgIpc) is 4.15. The number of alkyl carbamates (subject to hydrolysis) is 1. The molecule has 2 unspecified atom stereocenters. The molecule has 2 aromatic heterocycles. The van der Waals surface area contributed by atoms with Gasteiger partial charge in [-0.25, -0.2) is 0 Å². The van der Waals surface area contributed by atoms with E-state index in [9.17, 15) is 27.6 Å². The van der Waals surface area contributed by atoms with Crippen LogP contribution in [0.1, 0.15) is 84.6 Å². The minimum absolute atomic E-state index is 0.0209. The van der Waals surface area contributed by atoms with E-state index in [2.05, 4.69) is 26.9 Å². The molecule has 5 heterocycles. The molecule has 4 fully saturated rings. The van der Waals surface area contributed by atoms with Gasteiger partial charge in [0.05, 0.1) is 0 Å². The van der Waals surface area contributed by atoms with Crippen molar-refractivity contribution >= 4 is 44.7 Å². The summed E-state index contributed by atoms with van der Waals surface area (Å²) < 4.78 is 38.3. The zero-order valence-corrected chi connectivity index (χ0v) is 36.8. The van der Waals surface area contributed by atoms with Crippen LogP contribution in [0.25, 0.3) is 22.0 Å². The second kappa shape index (κ2) is 15.6. The SMILES string of the molecule is C=CC1[I-]C1(NC(=O)[C@@H]1C[C@@H]2CN1C(=O)[C@H](C(C)(C)C)NC(=O)O[C@@H]1C[C@H]1CCCCCc1c(nc3ccccc3c1-c1cccnc1)O2)C(=O)NS(=O)(=O)C1(C)CC1. The van der Waals surface area contributed by atoms with Crippen molar-refractivity contribution < 1.29 is 58.3 Å². The second-order valence-electron chi connectivity index (χ2n) is 17.8. The quantitative estimate of drug-likeness (QED) is 0.137. The number of alkyl halides is 2. The number of para-hydroxylation sites is 1. The van der Waals surface area contributed by atoms with Crippen molar-refractivity contribution in [3.63, 3.8) is 0 Å². The van der Waals surface area contributed by atoms with Gasteiger partial charge in [0.25, 0.3) is 0 Å². The number of hydrogen-bond acceptors (Lipinski definition) is 10. The van der Waals surface area contributed by atoms with E-state index < -0.39 is 90.9 Å². The molecule has 4 amide bonds. The van der Waals surface area contributed by atoms with E-state index in [1.807, 2.05) is 63.4 Å². The summed E-state index contributed by atoms with van der Waals surface area (Å²) in [6.45, 7) is 10.9. The van der Waals surface area contributed by atoms with Crippen LogP contribution in [0.15, 0.2) is 61.4 Å². The van der Waals surface area contributed by atoms with Crippen molar-refractivity contribution in [3.05, 3.63) is 67.0 Å². The van der Waals surface area contributed by atoms with E-state index in [1.165, 1.54) is 4.90 Å². The van der Waals surface area contributed by atoms with Crippen LogP contribution in [0.3, 0.4) is 0 Å². The summed E-state index contributed by atoms with van der Waals surface area (Å²) in [5, 5.41) is 6.70. The summed E-state index contributed by atoms with van der Waals surface area (Å²) in [5.41, 5.74) is 2.72. The van der Waals surface area contributed by atoms with Crippen molar-refractivity contribution in [2.24, 2.45) is 11.3 Å². The van der Waals surface area contributed by atoms with Crippen LogP contribution >= 0.6 is 0 Å². The fourth-order valence-electron chi connectivity index (χ4n) is 8.30. The Balaban J connectivity index is 1.17. The molecule has 7 atom stereocenters. The molecule has 316 valence electrons. The van der Waals surface area contributed by atoms with Crippen LogP contribution < -0.4 is 41.3 Å². The third kappa shape index (κ3) is 8.27. The molecule has 2 aliphatic carbocycles. The number of halogens is 1. The van der Waals surface area contributed by atoms with Gasteiger partial charge in [-0.15, -0.1) is 0 Å². The molecule has 2 bridgehead atoms. The third-order valence-electron chi connectivity index (χ3n) is 12.3. The zero-order valence-electron chi connectivity index (χ0n) is 33.8. The first-order valence-corrected chi connectivity index (χ1v) is 24.3. The Morgan fingerprint density at radius 2 is 1.85 bits per heavy atom. The van der Waals surface area contributed by atoms with Gasteiger partial charge in [0.15, 0.2) is 0 Å². The number of ether oxygens (including phenoxy) is 2. The monoisotopic (exact) mass is 939 g/mol. The number of amides is 4. The maximum absolute atomic E-state index is 14.8. The third-order valence-corrected chi connectivity index (χ3v) is 18.3. The molecular formula is C43H52IN6O8S-. The first-order valence-electron chi connectivity index (χ1n) is 20.5. The predicted octanol–water partition coefficient (Wildman–Crippen LogP) is 1.76. The molecule has 2 saturated heterocycles. The Labute approximate surface area is 355 Å². The summed E-state index contributed by atoms with van der Waals surface area (Å²) in [6, 6.07) is 9.57. The molecule has 5 aliphatic rings. The molecule has 0 spiro atoms. The number of aromatic nitrogens is 2. The van der Waals surface area contributed by atoms with Gasteiger partial charge in [0, 0.05) is 6.20 Å². The van der Waals surface area contributed by atoms with Gasteiger partial charge in [-0.05, 0) is 12.5 Å². The molecule has 8 rings (SSSR count). The predicted molar refractivity (Wildman–Crippen MR) is 216 cm³/mol. The Bertz CT molecular complexity index is 2300. The minimum atomic E-state index is -3.99. The number of sulfonamides is 1. The normalized spacial score (nSPS) is 29.4. The number of fused-ring (bicyclic) bond motifs is 5. The average molecular weight is 940 g/mol. The summed E-state index contributed by atoms with van der Waals surface area (Å²) >= 11 is -1.07. The van der Waals surface area contributed by atoms with Gasteiger partial charge < -0.3 is 0 Å². The van der Waals surface area contributed by atoms with Gasteiger partial charge in [-0.1, -0.05) is 12.5 Å². The first-order chi connectivity index (χ1) is 28.0. The molecule has 16 heteroatoms. The molecule has 1 aromatic carbocycles. The molecule has 2 saturated carbocycles.